The number of ether oxygens (including phenoxy) is 1. The summed E-state index contributed by atoms with van der Waals surface area (Å²) in [5.74, 6) is 0. The molecule has 0 bridgehead atoms. The summed E-state index contributed by atoms with van der Waals surface area (Å²) in [6.07, 6.45) is -9.75. The van der Waals surface area contributed by atoms with E-state index in [-0.39, 0.29) is 0 Å². The number of hydrogen-bond acceptors (Lipinski definition) is 12. The molecule has 120 valence electrons. The highest BCUT2D eigenvalue weighted by molar-refractivity contribution is 4.89. The lowest BCUT2D eigenvalue weighted by molar-refractivity contribution is -0.807. The average molecular weight is 315 g/mol. The van der Waals surface area contributed by atoms with Crippen molar-refractivity contribution in [2.75, 3.05) is 6.61 Å². The molecule has 0 aromatic heterocycles. The van der Waals surface area contributed by atoms with E-state index in [9.17, 15) is 40.6 Å². The molecule has 0 unspecified atom stereocenters. The van der Waals surface area contributed by atoms with Gasteiger partial charge in [-0.2, -0.15) is 0 Å². The maximum absolute atomic E-state index is 10.3. The van der Waals surface area contributed by atoms with Crippen molar-refractivity contribution in [2.45, 2.75) is 30.7 Å². The minimum absolute atomic E-state index is 0.895. The summed E-state index contributed by atoms with van der Waals surface area (Å²) in [4.78, 5) is 42.4. The maximum Gasteiger partial charge on any atom is 0.295 e. The monoisotopic (exact) mass is 315 g/mol. The topological polar surface area (TPSA) is 207 Å². The molecule has 0 amide bonds. The second kappa shape index (κ2) is 6.77. The number of aliphatic hydroxyl groups excluding tert-OH is 2. The van der Waals surface area contributed by atoms with Crippen LogP contribution in [0.5, 0.6) is 0 Å². The summed E-state index contributed by atoms with van der Waals surface area (Å²) in [7, 11) is 0. The van der Waals surface area contributed by atoms with Gasteiger partial charge in [0.05, 0.1) is 0 Å². The van der Waals surface area contributed by atoms with Crippen LogP contribution in [0.15, 0.2) is 0 Å². The first-order valence-corrected chi connectivity index (χ1v) is 5.13. The van der Waals surface area contributed by atoms with Crippen LogP contribution in [-0.2, 0) is 19.2 Å². The molecule has 0 spiro atoms. The summed E-state index contributed by atoms with van der Waals surface area (Å²) in [5.41, 5.74) is 0. The van der Waals surface area contributed by atoms with Crippen molar-refractivity contribution in [3.63, 3.8) is 0 Å². The fourth-order valence-corrected chi connectivity index (χ4v) is 1.61. The van der Waals surface area contributed by atoms with Crippen LogP contribution in [0.2, 0.25) is 0 Å². The highest BCUT2D eigenvalue weighted by Gasteiger charge is 2.49. The Kier molecular flexibility index (Phi) is 5.33. The number of nitrogens with zero attached hydrogens (tertiary/aromatic N) is 3. The van der Waals surface area contributed by atoms with E-state index in [1.165, 1.54) is 0 Å². The fourth-order valence-electron chi connectivity index (χ4n) is 1.61. The standard InChI is InChI=1S/C6H9N3O12/c10-3-2(1-18-7(12)13)19-6(11)5(21-9(16)17)4(3)20-8(14)15/h2-6,10-11H,1H2/t2-,3-,4+,5-,6-/m1/s1. The second-order valence-electron chi connectivity index (χ2n) is 3.66. The van der Waals surface area contributed by atoms with Crippen LogP contribution in [-0.4, -0.2) is 62.8 Å². The average Bonchev–Trinajstić information content (AvgIpc) is 2.35. The molecule has 1 fully saturated rings. The fraction of sp³-hybridized carbons (Fsp3) is 1.00. The first-order valence-electron chi connectivity index (χ1n) is 5.13. The van der Waals surface area contributed by atoms with Crippen molar-refractivity contribution in [1.82, 2.24) is 0 Å². The zero-order valence-corrected chi connectivity index (χ0v) is 9.91. The van der Waals surface area contributed by atoms with E-state index in [4.69, 9.17) is 0 Å². The Bertz CT molecular complexity index is 416. The number of hydrogen-bond donors (Lipinski definition) is 2. The van der Waals surface area contributed by atoms with Crippen molar-refractivity contribution in [3.05, 3.63) is 30.3 Å². The highest BCUT2D eigenvalue weighted by atomic mass is 17.0. The van der Waals surface area contributed by atoms with Gasteiger partial charge in [0.2, 0.25) is 0 Å². The van der Waals surface area contributed by atoms with Gasteiger partial charge in [-0.05, 0) is 0 Å². The van der Waals surface area contributed by atoms with Gasteiger partial charge >= 0.3 is 0 Å². The molecule has 1 rings (SSSR count). The quantitative estimate of drug-likeness (QED) is 0.367. The first kappa shape index (κ1) is 16.5. The Labute approximate surface area is 113 Å². The zero-order valence-electron chi connectivity index (χ0n) is 9.91. The predicted molar refractivity (Wildman–Crippen MR) is 53.6 cm³/mol. The van der Waals surface area contributed by atoms with Crippen LogP contribution in [0.3, 0.4) is 0 Å². The molecule has 0 aromatic rings. The molecule has 0 aromatic carbocycles. The van der Waals surface area contributed by atoms with Gasteiger partial charge in [0.1, 0.15) is 18.8 Å². The van der Waals surface area contributed by atoms with E-state index in [1.54, 1.807) is 0 Å². The van der Waals surface area contributed by atoms with Gasteiger partial charge in [-0.1, -0.05) is 0 Å². The molecule has 1 aliphatic heterocycles. The molecule has 5 atom stereocenters. The van der Waals surface area contributed by atoms with Crippen molar-refractivity contribution >= 4 is 0 Å². The van der Waals surface area contributed by atoms with Crippen LogP contribution < -0.4 is 0 Å². The highest BCUT2D eigenvalue weighted by Crippen LogP contribution is 2.25. The van der Waals surface area contributed by atoms with Crippen molar-refractivity contribution < 1.29 is 44.7 Å². The maximum atomic E-state index is 10.3. The Balaban J connectivity index is 2.87. The van der Waals surface area contributed by atoms with Gasteiger partial charge < -0.3 is 29.5 Å². The lowest BCUT2D eigenvalue weighted by atomic mass is 9.99. The molecule has 1 heterocycles. The molecule has 1 saturated heterocycles. The lowest BCUT2D eigenvalue weighted by Crippen LogP contribution is -2.61. The smallest absolute Gasteiger partial charge is 0.295 e. The molecule has 21 heavy (non-hydrogen) atoms. The zero-order chi connectivity index (χ0) is 16.2. The van der Waals surface area contributed by atoms with E-state index < -0.39 is 52.6 Å². The summed E-state index contributed by atoms with van der Waals surface area (Å²) in [5, 5.41) is 45.8. The Hall–Kier alpha value is -2.52. The number of aliphatic hydroxyl groups is 2. The Morgan fingerprint density at radius 1 is 0.952 bits per heavy atom. The van der Waals surface area contributed by atoms with Gasteiger partial charge in [0.25, 0.3) is 15.3 Å². The van der Waals surface area contributed by atoms with Crippen molar-refractivity contribution in [2.24, 2.45) is 0 Å². The van der Waals surface area contributed by atoms with E-state index in [0.717, 1.165) is 0 Å². The number of rotatable bonds is 7. The van der Waals surface area contributed by atoms with E-state index in [1.807, 2.05) is 0 Å². The predicted octanol–water partition coefficient (Wildman–Crippen LogP) is -2.57. The van der Waals surface area contributed by atoms with Crippen LogP contribution in [0.1, 0.15) is 0 Å². The molecule has 0 saturated carbocycles. The molecule has 0 radical (unpaired) electrons. The van der Waals surface area contributed by atoms with Crippen molar-refractivity contribution in [3.8, 4) is 0 Å². The van der Waals surface area contributed by atoms with Gasteiger partial charge in [0.15, 0.2) is 18.5 Å². The molecular weight excluding hydrogens is 306 g/mol. The second-order valence-corrected chi connectivity index (χ2v) is 3.66. The lowest BCUT2D eigenvalue weighted by Gasteiger charge is -2.39. The third kappa shape index (κ3) is 4.51. The molecule has 15 nitrogen and oxygen atoms in total. The van der Waals surface area contributed by atoms with Crippen LogP contribution >= 0.6 is 0 Å². The molecule has 1 aliphatic rings. The third-order valence-corrected chi connectivity index (χ3v) is 2.40. The van der Waals surface area contributed by atoms with Gasteiger partial charge in [0, 0.05) is 0 Å². The van der Waals surface area contributed by atoms with Gasteiger partial charge in [-0.3, -0.25) is 0 Å². The van der Waals surface area contributed by atoms with Gasteiger partial charge in [-0.25, -0.2) is 0 Å². The molecule has 0 aliphatic carbocycles. The summed E-state index contributed by atoms with van der Waals surface area (Å²) >= 11 is 0. The molecular formula is C6H9N3O12. The van der Waals surface area contributed by atoms with Crippen LogP contribution in [0.25, 0.3) is 0 Å². The van der Waals surface area contributed by atoms with Gasteiger partial charge in [-0.15, -0.1) is 30.3 Å². The van der Waals surface area contributed by atoms with Crippen LogP contribution in [0.4, 0.5) is 0 Å². The van der Waals surface area contributed by atoms with E-state index in [2.05, 4.69) is 19.2 Å². The first-order chi connectivity index (χ1) is 9.72. The minimum Gasteiger partial charge on any atom is -0.388 e. The Morgan fingerprint density at radius 3 is 1.95 bits per heavy atom. The van der Waals surface area contributed by atoms with Crippen LogP contribution in [0, 0.1) is 30.3 Å². The minimum atomic E-state index is -2.12. The SMILES string of the molecule is O=[N+]([O-])OC[C@H]1O[C@@H](O)[C@H](O[N+](=O)[O-])[C@@H](O[N+](=O)[O-])[C@@H]1O. The van der Waals surface area contributed by atoms with E-state index in [0.29, 0.717) is 0 Å². The summed E-state index contributed by atoms with van der Waals surface area (Å²) in [6.45, 7) is -0.895. The largest absolute Gasteiger partial charge is 0.388 e. The molecule has 2 N–H and O–H groups in total. The normalized spacial score (nSPS) is 32.0. The van der Waals surface area contributed by atoms with Crippen molar-refractivity contribution in [1.29, 1.82) is 0 Å². The van der Waals surface area contributed by atoms with E-state index >= 15 is 0 Å². The Morgan fingerprint density at radius 2 is 1.48 bits per heavy atom. The summed E-state index contributed by atoms with van der Waals surface area (Å²) < 4.78 is 4.62. The summed E-state index contributed by atoms with van der Waals surface area (Å²) in [6, 6.07) is 0. The third-order valence-electron chi connectivity index (χ3n) is 2.40. The molecule has 15 heteroatoms.